The van der Waals surface area contributed by atoms with Gasteiger partial charge in [0.25, 0.3) is 5.91 Å². The zero-order chi connectivity index (χ0) is 18.8. The summed E-state index contributed by atoms with van der Waals surface area (Å²) in [6, 6.07) is 11.9. The Bertz CT molecular complexity index is 1000. The van der Waals surface area contributed by atoms with Crippen molar-refractivity contribution < 1.29 is 19.4 Å². The minimum atomic E-state index is -0.542. The van der Waals surface area contributed by atoms with E-state index in [1.165, 1.54) is 20.3 Å². The van der Waals surface area contributed by atoms with Gasteiger partial charge in [0.05, 0.1) is 36.2 Å². The first kappa shape index (κ1) is 17.7. The molecule has 134 valence electrons. The van der Waals surface area contributed by atoms with Crippen molar-refractivity contribution in [1.29, 1.82) is 0 Å². The lowest BCUT2D eigenvalue weighted by Gasteiger charge is -2.14. The number of rotatable bonds is 4. The van der Waals surface area contributed by atoms with E-state index in [0.29, 0.717) is 27.6 Å². The monoisotopic (exact) mass is 372 g/mol. The zero-order valence-electron chi connectivity index (χ0n) is 14.2. The van der Waals surface area contributed by atoms with Gasteiger partial charge in [0.15, 0.2) is 5.75 Å². The maximum Gasteiger partial charge on any atom is 0.259 e. The fourth-order valence-electron chi connectivity index (χ4n) is 2.69. The molecule has 0 unspecified atom stereocenters. The number of halogens is 1. The molecular formula is C19H17ClN2O4. The molecule has 0 saturated carbocycles. The van der Waals surface area contributed by atoms with Crippen LogP contribution in [0.15, 0.2) is 42.5 Å². The number of hydrogen-bond donors (Lipinski definition) is 3. The Balaban J connectivity index is 2.02. The molecule has 26 heavy (non-hydrogen) atoms. The van der Waals surface area contributed by atoms with E-state index >= 15 is 0 Å². The number of hydrogen-bond acceptors (Lipinski definition) is 5. The summed E-state index contributed by atoms with van der Waals surface area (Å²) in [5.74, 6) is -0.0357. The Morgan fingerprint density at radius 2 is 1.81 bits per heavy atom. The minimum absolute atomic E-state index is 0.0511. The van der Waals surface area contributed by atoms with Gasteiger partial charge in [0, 0.05) is 11.5 Å². The van der Waals surface area contributed by atoms with E-state index in [1.54, 1.807) is 18.2 Å². The molecule has 3 rings (SSSR count). The van der Waals surface area contributed by atoms with Gasteiger partial charge >= 0.3 is 0 Å². The Morgan fingerprint density at radius 3 is 2.50 bits per heavy atom. The molecule has 6 nitrogen and oxygen atoms in total. The summed E-state index contributed by atoms with van der Waals surface area (Å²) >= 11 is 6.12. The van der Waals surface area contributed by atoms with E-state index in [1.807, 2.05) is 18.2 Å². The van der Waals surface area contributed by atoms with Gasteiger partial charge in [-0.2, -0.15) is 0 Å². The quantitative estimate of drug-likeness (QED) is 0.474. The van der Waals surface area contributed by atoms with Gasteiger partial charge in [-0.1, -0.05) is 35.9 Å². The van der Waals surface area contributed by atoms with E-state index in [-0.39, 0.29) is 17.0 Å². The van der Waals surface area contributed by atoms with E-state index < -0.39 is 5.91 Å². The number of amides is 1. The summed E-state index contributed by atoms with van der Waals surface area (Å²) in [6.07, 6.45) is 0. The smallest absolute Gasteiger partial charge is 0.259 e. The second-order valence-electron chi connectivity index (χ2n) is 5.55. The van der Waals surface area contributed by atoms with Crippen LogP contribution in [0.3, 0.4) is 0 Å². The highest BCUT2D eigenvalue weighted by Gasteiger charge is 2.19. The Labute approximate surface area is 155 Å². The first-order valence-electron chi connectivity index (χ1n) is 7.69. The normalized spacial score (nSPS) is 10.6. The summed E-state index contributed by atoms with van der Waals surface area (Å²) in [6.45, 7) is 0. The van der Waals surface area contributed by atoms with Crippen molar-refractivity contribution in [2.24, 2.45) is 0 Å². The summed E-state index contributed by atoms with van der Waals surface area (Å²) in [5.41, 5.74) is 6.52. The van der Waals surface area contributed by atoms with Gasteiger partial charge in [0.1, 0.15) is 11.5 Å². The molecule has 0 aliphatic rings. The van der Waals surface area contributed by atoms with E-state index in [4.69, 9.17) is 26.8 Å². The maximum atomic E-state index is 12.7. The topological polar surface area (TPSA) is 93.8 Å². The molecule has 3 aromatic carbocycles. The average molecular weight is 373 g/mol. The number of fused-ring (bicyclic) bond motifs is 1. The van der Waals surface area contributed by atoms with Crippen LogP contribution in [-0.2, 0) is 0 Å². The SMILES string of the molecule is COc1cc(OC)c(NC(=O)c2cc3ccccc3c(N)c2O)cc1Cl. The first-order chi connectivity index (χ1) is 12.5. The molecule has 0 heterocycles. The molecule has 3 aromatic rings. The molecular weight excluding hydrogens is 356 g/mol. The van der Waals surface area contributed by atoms with Crippen molar-refractivity contribution >= 4 is 39.7 Å². The molecule has 0 bridgehead atoms. The Kier molecular flexibility index (Phi) is 4.77. The second kappa shape index (κ2) is 7.01. The number of carbonyl (C=O) groups is 1. The molecule has 1 amide bonds. The van der Waals surface area contributed by atoms with Crippen molar-refractivity contribution in [3.63, 3.8) is 0 Å². The number of phenols is 1. The Morgan fingerprint density at radius 1 is 1.12 bits per heavy atom. The predicted octanol–water partition coefficient (Wildman–Crippen LogP) is 4.05. The highest BCUT2D eigenvalue weighted by atomic mass is 35.5. The number of benzene rings is 3. The largest absolute Gasteiger partial charge is 0.505 e. The van der Waals surface area contributed by atoms with E-state index in [2.05, 4.69) is 5.32 Å². The van der Waals surface area contributed by atoms with Crippen LogP contribution in [0.5, 0.6) is 17.2 Å². The van der Waals surface area contributed by atoms with Crippen LogP contribution in [0.25, 0.3) is 10.8 Å². The number of anilines is 2. The number of nitrogens with one attached hydrogen (secondary N) is 1. The average Bonchev–Trinajstić information content (AvgIpc) is 2.64. The molecule has 0 atom stereocenters. The molecule has 4 N–H and O–H groups in total. The van der Waals surface area contributed by atoms with Crippen LogP contribution >= 0.6 is 11.6 Å². The third-order valence-corrected chi connectivity index (χ3v) is 4.32. The Hall–Kier alpha value is -3.12. The number of nitrogens with two attached hydrogens (primary N) is 1. The van der Waals surface area contributed by atoms with Crippen LogP contribution in [0.4, 0.5) is 11.4 Å². The summed E-state index contributed by atoms with van der Waals surface area (Å²) in [5, 5.41) is 14.8. The molecule has 0 radical (unpaired) electrons. The van der Waals surface area contributed by atoms with Gasteiger partial charge in [-0.3, -0.25) is 4.79 Å². The molecule has 0 aliphatic carbocycles. The first-order valence-corrected chi connectivity index (χ1v) is 8.07. The van der Waals surface area contributed by atoms with Crippen LogP contribution in [0, 0.1) is 0 Å². The van der Waals surface area contributed by atoms with Gasteiger partial charge < -0.3 is 25.6 Å². The molecule has 0 aromatic heterocycles. The minimum Gasteiger partial charge on any atom is -0.505 e. The molecule has 0 saturated heterocycles. The van der Waals surface area contributed by atoms with Gasteiger partial charge in [0.2, 0.25) is 0 Å². The number of carbonyl (C=O) groups excluding carboxylic acids is 1. The number of phenolic OH excluding ortho intramolecular Hbond substituents is 1. The maximum absolute atomic E-state index is 12.7. The third kappa shape index (κ3) is 3.07. The van der Waals surface area contributed by atoms with Crippen LogP contribution < -0.4 is 20.5 Å². The third-order valence-electron chi connectivity index (χ3n) is 4.03. The van der Waals surface area contributed by atoms with E-state index in [9.17, 15) is 9.90 Å². The summed E-state index contributed by atoms with van der Waals surface area (Å²) < 4.78 is 10.4. The number of methoxy groups -OCH3 is 2. The van der Waals surface area contributed by atoms with Crippen molar-refractivity contribution in [2.75, 3.05) is 25.3 Å². The molecule has 0 spiro atoms. The molecule has 7 heteroatoms. The number of ether oxygens (including phenoxy) is 2. The van der Waals surface area contributed by atoms with Gasteiger partial charge in [-0.15, -0.1) is 0 Å². The lowest BCUT2D eigenvalue weighted by atomic mass is 10.0. The lowest BCUT2D eigenvalue weighted by molar-refractivity contribution is 0.102. The van der Waals surface area contributed by atoms with Crippen molar-refractivity contribution in [3.05, 3.63) is 53.1 Å². The van der Waals surface area contributed by atoms with Gasteiger partial charge in [-0.05, 0) is 17.5 Å². The van der Waals surface area contributed by atoms with Crippen molar-refractivity contribution in [2.45, 2.75) is 0 Å². The predicted molar refractivity (Wildman–Crippen MR) is 103 cm³/mol. The van der Waals surface area contributed by atoms with Crippen molar-refractivity contribution in [1.82, 2.24) is 0 Å². The zero-order valence-corrected chi connectivity index (χ0v) is 14.9. The summed E-state index contributed by atoms with van der Waals surface area (Å²) in [4.78, 5) is 12.7. The van der Waals surface area contributed by atoms with Crippen LogP contribution in [0.2, 0.25) is 5.02 Å². The van der Waals surface area contributed by atoms with E-state index in [0.717, 1.165) is 5.39 Å². The number of aromatic hydroxyl groups is 1. The fraction of sp³-hybridized carbons (Fsp3) is 0.105. The van der Waals surface area contributed by atoms with Crippen LogP contribution in [-0.4, -0.2) is 25.2 Å². The van der Waals surface area contributed by atoms with Gasteiger partial charge in [-0.25, -0.2) is 0 Å². The highest BCUT2D eigenvalue weighted by molar-refractivity contribution is 6.32. The highest BCUT2D eigenvalue weighted by Crippen LogP contribution is 2.38. The fourth-order valence-corrected chi connectivity index (χ4v) is 2.93. The number of nitrogen functional groups attached to an aromatic ring is 1. The van der Waals surface area contributed by atoms with Crippen molar-refractivity contribution in [3.8, 4) is 17.2 Å². The standard InChI is InChI=1S/C19H17ClN2O4/c1-25-15-9-16(26-2)14(8-13(15)20)22-19(24)12-7-10-5-3-4-6-11(10)17(21)18(12)23/h3-9,23H,21H2,1-2H3,(H,22,24). The summed E-state index contributed by atoms with van der Waals surface area (Å²) in [7, 11) is 2.94. The second-order valence-corrected chi connectivity index (χ2v) is 5.96. The molecule has 0 fully saturated rings. The lowest BCUT2D eigenvalue weighted by Crippen LogP contribution is -2.13. The molecule has 0 aliphatic heterocycles. The van der Waals surface area contributed by atoms with Crippen LogP contribution in [0.1, 0.15) is 10.4 Å².